The largest absolute Gasteiger partial charge is 0.480 e. The van der Waals surface area contributed by atoms with Crippen LogP contribution in [0, 0.1) is 0 Å². The number of nitrogens with one attached hydrogen (secondary N) is 2. The lowest BCUT2D eigenvalue weighted by molar-refractivity contribution is -0.141. The van der Waals surface area contributed by atoms with Crippen LogP contribution in [0.5, 0.6) is 0 Å². The molecule has 0 aliphatic rings. The van der Waals surface area contributed by atoms with Crippen molar-refractivity contribution in [2.75, 3.05) is 6.54 Å². The van der Waals surface area contributed by atoms with E-state index in [9.17, 15) is 19.5 Å². The van der Waals surface area contributed by atoms with E-state index in [0.717, 1.165) is 11.1 Å². The lowest BCUT2D eigenvalue weighted by Gasteiger charge is -2.15. The van der Waals surface area contributed by atoms with E-state index in [1.807, 2.05) is 60.7 Å². The third-order valence-electron chi connectivity index (χ3n) is 3.80. The Morgan fingerprint density at radius 2 is 1.52 bits per heavy atom. The van der Waals surface area contributed by atoms with Crippen LogP contribution in [-0.2, 0) is 27.4 Å². The SMILES string of the molecule is O=C(CNC(=O)OCc1ccccc1)N[C@H](CCc1ccccc1)C(=O)O. The van der Waals surface area contributed by atoms with Crippen molar-refractivity contribution in [2.24, 2.45) is 0 Å². The van der Waals surface area contributed by atoms with Crippen LogP contribution in [0.4, 0.5) is 4.79 Å². The Morgan fingerprint density at radius 1 is 0.926 bits per heavy atom. The van der Waals surface area contributed by atoms with Crippen LogP contribution in [0.1, 0.15) is 17.5 Å². The van der Waals surface area contributed by atoms with Gasteiger partial charge in [-0.3, -0.25) is 4.79 Å². The summed E-state index contributed by atoms with van der Waals surface area (Å²) in [6, 6.07) is 17.5. The number of carboxylic acid groups (broad SMARTS) is 1. The molecule has 142 valence electrons. The second-order valence-electron chi connectivity index (χ2n) is 5.90. The molecule has 0 aromatic heterocycles. The predicted molar refractivity (Wildman–Crippen MR) is 99.0 cm³/mol. The van der Waals surface area contributed by atoms with E-state index >= 15 is 0 Å². The number of hydrogen-bond donors (Lipinski definition) is 3. The minimum Gasteiger partial charge on any atom is -0.480 e. The monoisotopic (exact) mass is 370 g/mol. The molecule has 0 heterocycles. The summed E-state index contributed by atoms with van der Waals surface area (Å²) in [4.78, 5) is 34.9. The summed E-state index contributed by atoms with van der Waals surface area (Å²) in [6.07, 6.45) is 0.0268. The molecule has 0 unspecified atom stereocenters. The molecule has 0 bridgehead atoms. The molecule has 0 saturated carbocycles. The van der Waals surface area contributed by atoms with Crippen LogP contribution < -0.4 is 10.6 Å². The third-order valence-corrected chi connectivity index (χ3v) is 3.80. The second-order valence-corrected chi connectivity index (χ2v) is 5.90. The Kier molecular flexibility index (Phi) is 7.84. The maximum atomic E-state index is 11.9. The zero-order valence-corrected chi connectivity index (χ0v) is 14.8. The number of rotatable bonds is 9. The molecule has 27 heavy (non-hydrogen) atoms. The standard InChI is InChI=1S/C20H22N2O5/c23-18(13-21-20(26)27-14-16-9-5-2-6-10-16)22-17(19(24)25)12-11-15-7-3-1-4-8-15/h1-10,17H,11-14H2,(H,21,26)(H,22,23)(H,24,25)/t17-/m1/s1. The Bertz CT molecular complexity index is 749. The topological polar surface area (TPSA) is 105 Å². The van der Waals surface area contributed by atoms with Gasteiger partial charge in [-0.1, -0.05) is 60.7 Å². The van der Waals surface area contributed by atoms with Gasteiger partial charge >= 0.3 is 12.1 Å². The number of carbonyl (C=O) groups is 3. The highest BCUT2D eigenvalue weighted by Crippen LogP contribution is 2.05. The van der Waals surface area contributed by atoms with Crippen LogP contribution in [0.2, 0.25) is 0 Å². The van der Waals surface area contributed by atoms with Gasteiger partial charge in [-0.05, 0) is 24.0 Å². The van der Waals surface area contributed by atoms with Crippen LogP contribution in [-0.4, -0.2) is 35.7 Å². The van der Waals surface area contributed by atoms with Gasteiger partial charge in [0.05, 0.1) is 0 Å². The van der Waals surface area contributed by atoms with Crippen molar-refractivity contribution in [1.29, 1.82) is 0 Å². The van der Waals surface area contributed by atoms with E-state index in [-0.39, 0.29) is 19.6 Å². The van der Waals surface area contributed by atoms with Crippen molar-refractivity contribution in [1.82, 2.24) is 10.6 Å². The summed E-state index contributed by atoms with van der Waals surface area (Å²) in [5, 5.41) is 14.0. The van der Waals surface area contributed by atoms with E-state index in [2.05, 4.69) is 10.6 Å². The highest BCUT2D eigenvalue weighted by Gasteiger charge is 2.20. The van der Waals surface area contributed by atoms with Crippen molar-refractivity contribution in [3.05, 3.63) is 71.8 Å². The van der Waals surface area contributed by atoms with E-state index in [1.54, 1.807) is 0 Å². The van der Waals surface area contributed by atoms with E-state index in [0.29, 0.717) is 6.42 Å². The van der Waals surface area contributed by atoms with Gasteiger partial charge < -0.3 is 20.5 Å². The van der Waals surface area contributed by atoms with Crippen LogP contribution in [0.25, 0.3) is 0 Å². The Morgan fingerprint density at radius 3 is 2.11 bits per heavy atom. The first-order chi connectivity index (χ1) is 13.0. The van der Waals surface area contributed by atoms with Gasteiger partial charge in [-0.2, -0.15) is 0 Å². The molecule has 7 heteroatoms. The molecule has 0 radical (unpaired) electrons. The third kappa shape index (κ3) is 7.60. The number of alkyl carbamates (subject to hydrolysis) is 1. The average Bonchev–Trinajstić information content (AvgIpc) is 2.69. The molecule has 0 spiro atoms. The molecule has 2 rings (SSSR count). The van der Waals surface area contributed by atoms with Gasteiger partial charge in [0.1, 0.15) is 19.2 Å². The Labute approximate surface area is 157 Å². The number of carbonyl (C=O) groups excluding carboxylic acids is 2. The summed E-state index contributed by atoms with van der Waals surface area (Å²) < 4.78 is 4.99. The van der Waals surface area contributed by atoms with Crippen LogP contribution in [0.3, 0.4) is 0 Å². The van der Waals surface area contributed by atoms with Gasteiger partial charge in [-0.25, -0.2) is 9.59 Å². The highest BCUT2D eigenvalue weighted by molar-refractivity contribution is 5.86. The summed E-state index contributed by atoms with van der Waals surface area (Å²) in [5.74, 6) is -1.71. The molecular formula is C20H22N2O5. The highest BCUT2D eigenvalue weighted by atomic mass is 16.5. The lowest BCUT2D eigenvalue weighted by atomic mass is 10.1. The van der Waals surface area contributed by atoms with Crippen molar-refractivity contribution in [3.8, 4) is 0 Å². The molecule has 2 aromatic rings. The summed E-state index contributed by atoms with van der Waals surface area (Å²) in [7, 11) is 0. The number of amides is 2. The summed E-state index contributed by atoms with van der Waals surface area (Å²) in [5.41, 5.74) is 1.81. The van der Waals surface area contributed by atoms with Gasteiger partial charge in [0, 0.05) is 0 Å². The number of hydrogen-bond acceptors (Lipinski definition) is 4. The summed E-state index contributed by atoms with van der Waals surface area (Å²) in [6.45, 7) is -0.272. The fourth-order valence-corrected chi connectivity index (χ4v) is 2.39. The fraction of sp³-hybridized carbons (Fsp3) is 0.250. The van der Waals surface area contributed by atoms with Crippen molar-refractivity contribution < 1.29 is 24.2 Å². The van der Waals surface area contributed by atoms with E-state index in [4.69, 9.17) is 4.74 Å². The maximum Gasteiger partial charge on any atom is 0.407 e. The Balaban J connectivity index is 1.71. The number of ether oxygens (including phenoxy) is 1. The first kappa shape index (κ1) is 20.0. The second kappa shape index (κ2) is 10.6. The molecule has 2 amide bonds. The molecular weight excluding hydrogens is 348 g/mol. The van der Waals surface area contributed by atoms with Gasteiger partial charge in [0.15, 0.2) is 0 Å². The number of aryl methyl sites for hydroxylation is 1. The number of aliphatic carboxylic acids is 1. The Hall–Kier alpha value is -3.35. The normalized spacial score (nSPS) is 11.3. The molecule has 0 saturated heterocycles. The van der Waals surface area contributed by atoms with Crippen LogP contribution >= 0.6 is 0 Å². The van der Waals surface area contributed by atoms with Crippen molar-refractivity contribution in [2.45, 2.75) is 25.5 Å². The van der Waals surface area contributed by atoms with Gasteiger partial charge in [0.25, 0.3) is 0 Å². The predicted octanol–water partition coefficient (Wildman–Crippen LogP) is 2.12. The quantitative estimate of drug-likeness (QED) is 0.627. The zero-order valence-electron chi connectivity index (χ0n) is 14.8. The minimum absolute atomic E-state index is 0.0864. The molecule has 0 aliphatic heterocycles. The fourth-order valence-electron chi connectivity index (χ4n) is 2.39. The van der Waals surface area contributed by atoms with Gasteiger partial charge in [0.2, 0.25) is 5.91 Å². The first-order valence-electron chi connectivity index (χ1n) is 8.55. The van der Waals surface area contributed by atoms with E-state index < -0.39 is 24.0 Å². The smallest absolute Gasteiger partial charge is 0.407 e. The molecule has 0 aliphatic carbocycles. The maximum absolute atomic E-state index is 11.9. The number of carboxylic acids is 1. The van der Waals surface area contributed by atoms with Crippen LogP contribution in [0.15, 0.2) is 60.7 Å². The zero-order chi connectivity index (χ0) is 19.5. The number of benzene rings is 2. The van der Waals surface area contributed by atoms with Gasteiger partial charge in [-0.15, -0.1) is 0 Å². The molecule has 3 N–H and O–H groups in total. The molecule has 1 atom stereocenters. The van der Waals surface area contributed by atoms with Crippen molar-refractivity contribution >= 4 is 18.0 Å². The van der Waals surface area contributed by atoms with E-state index in [1.165, 1.54) is 0 Å². The summed E-state index contributed by atoms with van der Waals surface area (Å²) >= 11 is 0. The van der Waals surface area contributed by atoms with Crippen molar-refractivity contribution in [3.63, 3.8) is 0 Å². The molecule has 2 aromatic carbocycles. The first-order valence-corrected chi connectivity index (χ1v) is 8.55. The average molecular weight is 370 g/mol. The lowest BCUT2D eigenvalue weighted by Crippen LogP contribution is -2.45. The minimum atomic E-state index is -1.12. The molecule has 7 nitrogen and oxygen atoms in total. The molecule has 0 fully saturated rings.